The van der Waals surface area contributed by atoms with Crippen LogP contribution in [0.2, 0.25) is 0 Å². The van der Waals surface area contributed by atoms with E-state index in [1.807, 2.05) is 18.2 Å². The molecule has 1 aliphatic rings. The van der Waals surface area contributed by atoms with E-state index >= 15 is 0 Å². The van der Waals surface area contributed by atoms with E-state index in [-0.39, 0.29) is 5.41 Å². The Morgan fingerprint density at radius 1 is 0.862 bits per heavy atom. The van der Waals surface area contributed by atoms with Crippen molar-refractivity contribution in [1.82, 2.24) is 0 Å². The van der Waals surface area contributed by atoms with Crippen molar-refractivity contribution in [3.05, 3.63) is 95.6 Å². The minimum absolute atomic E-state index is 0.193. The highest BCUT2D eigenvalue weighted by molar-refractivity contribution is 5.52. The van der Waals surface area contributed by atoms with E-state index in [4.69, 9.17) is 4.74 Å². The lowest BCUT2D eigenvalue weighted by molar-refractivity contribution is 0.306. The topological polar surface area (TPSA) is 12.5 Å². The molecule has 29 heavy (non-hydrogen) atoms. The molecule has 3 aromatic carbocycles. The summed E-state index contributed by atoms with van der Waals surface area (Å²) in [6.07, 6.45) is 2.43. The van der Waals surface area contributed by atoms with E-state index in [0.717, 1.165) is 12.3 Å². The van der Waals surface area contributed by atoms with Crippen LogP contribution in [-0.2, 0) is 12.0 Å². The molecule has 3 aromatic rings. The molecule has 150 valence electrons. The van der Waals surface area contributed by atoms with Crippen LogP contribution >= 0.6 is 0 Å². The van der Waals surface area contributed by atoms with Crippen LogP contribution in [0.15, 0.2) is 78.9 Å². The van der Waals surface area contributed by atoms with Gasteiger partial charge in [-0.3, -0.25) is 0 Å². The standard InChI is InChI=1S/C27H31NO/c1-27(2,3)23-13-15-24(16-14-23)28-19-7-10-26(28)22-11-17-25(18-12-22)29-20-21-8-5-4-6-9-21/h4-6,8-9,11-18,26H,7,10,19-20H2,1-3H3. The first-order chi connectivity index (χ1) is 14.0. The fraction of sp³-hybridized carbons (Fsp3) is 0.333. The molecule has 0 aliphatic carbocycles. The van der Waals surface area contributed by atoms with Crippen molar-refractivity contribution in [1.29, 1.82) is 0 Å². The molecule has 0 N–H and O–H groups in total. The van der Waals surface area contributed by atoms with Gasteiger partial charge in [-0.05, 0) is 59.2 Å². The molecule has 0 radical (unpaired) electrons. The number of rotatable bonds is 5. The zero-order valence-electron chi connectivity index (χ0n) is 17.8. The van der Waals surface area contributed by atoms with E-state index in [1.54, 1.807) is 0 Å². The lowest BCUT2D eigenvalue weighted by Gasteiger charge is -2.28. The molecule has 1 fully saturated rings. The molecular formula is C27H31NO. The normalized spacial score (nSPS) is 16.8. The van der Waals surface area contributed by atoms with Gasteiger partial charge in [0.05, 0.1) is 6.04 Å². The molecule has 1 atom stereocenters. The average Bonchev–Trinajstić information content (AvgIpc) is 3.23. The van der Waals surface area contributed by atoms with E-state index < -0.39 is 0 Å². The van der Waals surface area contributed by atoms with Crippen molar-refractivity contribution < 1.29 is 4.74 Å². The van der Waals surface area contributed by atoms with Gasteiger partial charge in [0, 0.05) is 12.2 Å². The van der Waals surface area contributed by atoms with Gasteiger partial charge in [-0.1, -0.05) is 75.4 Å². The van der Waals surface area contributed by atoms with Gasteiger partial charge in [0.1, 0.15) is 12.4 Å². The number of hydrogen-bond donors (Lipinski definition) is 0. The van der Waals surface area contributed by atoms with Crippen molar-refractivity contribution in [3.8, 4) is 5.75 Å². The van der Waals surface area contributed by atoms with Crippen molar-refractivity contribution in [2.75, 3.05) is 11.4 Å². The van der Waals surface area contributed by atoms with Crippen LogP contribution in [0.1, 0.15) is 56.3 Å². The first-order valence-corrected chi connectivity index (χ1v) is 10.6. The maximum atomic E-state index is 5.95. The van der Waals surface area contributed by atoms with E-state index in [9.17, 15) is 0 Å². The van der Waals surface area contributed by atoms with Crippen LogP contribution in [0.3, 0.4) is 0 Å². The van der Waals surface area contributed by atoms with Crippen molar-refractivity contribution in [3.63, 3.8) is 0 Å². The smallest absolute Gasteiger partial charge is 0.119 e. The largest absolute Gasteiger partial charge is 0.489 e. The number of ether oxygens (including phenoxy) is 1. The molecule has 0 saturated carbocycles. The van der Waals surface area contributed by atoms with Gasteiger partial charge in [-0.15, -0.1) is 0 Å². The quantitative estimate of drug-likeness (QED) is 0.473. The Balaban J connectivity index is 1.44. The second-order valence-electron chi connectivity index (χ2n) is 8.99. The predicted molar refractivity (Wildman–Crippen MR) is 122 cm³/mol. The first kappa shape index (κ1) is 19.6. The number of benzene rings is 3. The molecule has 4 rings (SSSR count). The van der Waals surface area contributed by atoms with E-state index in [1.165, 1.54) is 35.2 Å². The third-order valence-electron chi connectivity index (χ3n) is 5.83. The van der Waals surface area contributed by atoms with Crippen LogP contribution in [0.5, 0.6) is 5.75 Å². The average molecular weight is 386 g/mol. The molecule has 1 heterocycles. The van der Waals surface area contributed by atoms with Crippen LogP contribution in [-0.4, -0.2) is 6.54 Å². The molecule has 0 bridgehead atoms. The van der Waals surface area contributed by atoms with E-state index in [0.29, 0.717) is 12.6 Å². The van der Waals surface area contributed by atoms with Crippen LogP contribution < -0.4 is 9.64 Å². The lowest BCUT2D eigenvalue weighted by Crippen LogP contribution is -2.22. The molecule has 0 amide bonds. The molecule has 2 nitrogen and oxygen atoms in total. The highest BCUT2D eigenvalue weighted by Crippen LogP contribution is 2.37. The number of nitrogens with zero attached hydrogens (tertiary/aromatic N) is 1. The second kappa shape index (κ2) is 8.32. The van der Waals surface area contributed by atoms with Gasteiger partial charge in [0.15, 0.2) is 0 Å². The van der Waals surface area contributed by atoms with Crippen molar-refractivity contribution >= 4 is 5.69 Å². The molecule has 1 saturated heterocycles. The van der Waals surface area contributed by atoms with Gasteiger partial charge >= 0.3 is 0 Å². The molecule has 0 spiro atoms. The maximum Gasteiger partial charge on any atom is 0.119 e. The molecule has 0 aromatic heterocycles. The third kappa shape index (κ3) is 4.64. The Morgan fingerprint density at radius 3 is 2.21 bits per heavy atom. The summed E-state index contributed by atoms with van der Waals surface area (Å²) in [5.74, 6) is 0.927. The molecule has 1 unspecified atom stereocenters. The maximum absolute atomic E-state index is 5.95. The first-order valence-electron chi connectivity index (χ1n) is 10.6. The summed E-state index contributed by atoms with van der Waals surface area (Å²) in [7, 11) is 0. The summed E-state index contributed by atoms with van der Waals surface area (Å²) < 4.78 is 5.95. The predicted octanol–water partition coefficient (Wildman–Crippen LogP) is 6.90. The van der Waals surface area contributed by atoms with E-state index in [2.05, 4.69) is 86.3 Å². The van der Waals surface area contributed by atoms with Gasteiger partial charge < -0.3 is 9.64 Å². The Labute approximate surface area is 175 Å². The Hall–Kier alpha value is -2.74. The Morgan fingerprint density at radius 2 is 1.55 bits per heavy atom. The Bertz CT molecular complexity index is 908. The summed E-state index contributed by atoms with van der Waals surface area (Å²) in [5.41, 5.74) is 5.46. The Kier molecular flexibility index (Phi) is 5.62. The minimum Gasteiger partial charge on any atom is -0.489 e. The highest BCUT2D eigenvalue weighted by atomic mass is 16.5. The zero-order valence-corrected chi connectivity index (χ0v) is 17.8. The summed E-state index contributed by atoms with van der Waals surface area (Å²) in [5, 5.41) is 0. The molecule has 1 aliphatic heterocycles. The van der Waals surface area contributed by atoms with Crippen LogP contribution in [0.25, 0.3) is 0 Å². The van der Waals surface area contributed by atoms with Crippen LogP contribution in [0.4, 0.5) is 5.69 Å². The van der Waals surface area contributed by atoms with Crippen molar-refractivity contribution in [2.45, 2.75) is 51.7 Å². The van der Waals surface area contributed by atoms with Gasteiger partial charge in [0.2, 0.25) is 0 Å². The van der Waals surface area contributed by atoms with Gasteiger partial charge in [-0.25, -0.2) is 0 Å². The SMILES string of the molecule is CC(C)(C)c1ccc(N2CCCC2c2ccc(OCc3ccccc3)cc2)cc1. The summed E-state index contributed by atoms with van der Waals surface area (Å²) >= 11 is 0. The highest BCUT2D eigenvalue weighted by Gasteiger charge is 2.26. The zero-order chi connectivity index (χ0) is 20.3. The third-order valence-corrected chi connectivity index (χ3v) is 5.83. The second-order valence-corrected chi connectivity index (χ2v) is 8.99. The van der Waals surface area contributed by atoms with Crippen LogP contribution in [0, 0.1) is 0 Å². The summed E-state index contributed by atoms with van der Waals surface area (Å²) in [6, 6.07) is 28.6. The monoisotopic (exact) mass is 385 g/mol. The number of anilines is 1. The number of hydrogen-bond acceptors (Lipinski definition) is 2. The summed E-state index contributed by atoms with van der Waals surface area (Å²) in [4.78, 5) is 2.55. The minimum atomic E-state index is 0.193. The van der Waals surface area contributed by atoms with Crippen molar-refractivity contribution in [2.24, 2.45) is 0 Å². The lowest BCUT2D eigenvalue weighted by atomic mass is 9.87. The fourth-order valence-corrected chi connectivity index (χ4v) is 4.10. The van der Waals surface area contributed by atoms with Gasteiger partial charge in [0.25, 0.3) is 0 Å². The molecule has 2 heteroatoms. The molecular weight excluding hydrogens is 354 g/mol. The fourth-order valence-electron chi connectivity index (χ4n) is 4.10. The van der Waals surface area contributed by atoms with Gasteiger partial charge in [-0.2, -0.15) is 0 Å². The summed E-state index contributed by atoms with van der Waals surface area (Å²) in [6.45, 7) is 8.52.